The van der Waals surface area contributed by atoms with Crippen LogP contribution in [0.4, 0.5) is 11.5 Å². The molecule has 5 nitrogen and oxygen atoms in total. The second-order valence-electron chi connectivity index (χ2n) is 6.53. The molecule has 1 fully saturated rings. The Morgan fingerprint density at radius 1 is 1.00 bits per heavy atom. The quantitative estimate of drug-likeness (QED) is 0.700. The molecule has 1 aliphatic heterocycles. The molecule has 0 bridgehead atoms. The van der Waals surface area contributed by atoms with E-state index in [4.69, 9.17) is 5.73 Å². The number of rotatable bonds is 5. The third-order valence-electron chi connectivity index (χ3n) is 4.89. The van der Waals surface area contributed by atoms with E-state index in [1.54, 1.807) is 24.5 Å². The van der Waals surface area contributed by atoms with E-state index >= 15 is 0 Å². The van der Waals surface area contributed by atoms with Crippen LogP contribution in [0.2, 0.25) is 0 Å². The molecule has 5 heteroatoms. The fourth-order valence-electron chi connectivity index (χ4n) is 3.39. The van der Waals surface area contributed by atoms with Gasteiger partial charge in [0.2, 0.25) is 0 Å². The Labute approximate surface area is 158 Å². The van der Waals surface area contributed by atoms with Gasteiger partial charge in [-0.1, -0.05) is 37.4 Å². The fraction of sp³-hybridized carbons (Fsp3) is 0.136. The minimum absolute atomic E-state index is 0.293. The zero-order valence-corrected chi connectivity index (χ0v) is 15.0. The fourth-order valence-corrected chi connectivity index (χ4v) is 3.39. The van der Waals surface area contributed by atoms with Crippen molar-refractivity contribution < 1.29 is 0 Å². The summed E-state index contributed by atoms with van der Waals surface area (Å²) in [7, 11) is 0. The summed E-state index contributed by atoms with van der Waals surface area (Å²) < 4.78 is 0. The second-order valence-corrected chi connectivity index (χ2v) is 6.53. The second kappa shape index (κ2) is 7.03. The zero-order chi connectivity index (χ0) is 18.8. The number of nitrogen functional groups attached to an aromatic ring is 1. The minimum atomic E-state index is 0.293. The van der Waals surface area contributed by atoms with Crippen molar-refractivity contribution in [3.63, 3.8) is 0 Å². The van der Waals surface area contributed by atoms with Crippen molar-refractivity contribution in [2.24, 2.45) is 0 Å². The van der Waals surface area contributed by atoms with Crippen LogP contribution >= 0.6 is 0 Å². The van der Waals surface area contributed by atoms with Crippen molar-refractivity contribution >= 4 is 23.7 Å². The third kappa shape index (κ3) is 3.08. The van der Waals surface area contributed by atoms with Crippen molar-refractivity contribution in [1.29, 1.82) is 0 Å². The smallest absolute Gasteiger partial charge is 0.129 e. The molecule has 4 rings (SSSR count). The molecule has 0 aliphatic carbocycles. The average Bonchev–Trinajstić information content (AvgIpc) is 2.67. The van der Waals surface area contributed by atoms with Gasteiger partial charge in [0.1, 0.15) is 5.82 Å². The molecule has 3 aromatic rings. The van der Waals surface area contributed by atoms with Crippen molar-refractivity contribution in [3.05, 3.63) is 78.9 Å². The number of nitrogens with zero attached hydrogens (tertiary/aromatic N) is 4. The Hall–Kier alpha value is -3.47. The molecule has 134 valence electrons. The van der Waals surface area contributed by atoms with Crippen LogP contribution in [-0.4, -0.2) is 28.0 Å². The van der Waals surface area contributed by atoms with Crippen LogP contribution in [0.25, 0.3) is 23.4 Å². The molecule has 1 saturated heterocycles. The molecule has 0 amide bonds. The summed E-state index contributed by atoms with van der Waals surface area (Å²) in [5, 5.41) is 0. The topological polar surface area (TPSA) is 67.9 Å². The van der Waals surface area contributed by atoms with Gasteiger partial charge in [-0.05, 0) is 29.8 Å². The number of benzene rings is 1. The van der Waals surface area contributed by atoms with Crippen LogP contribution in [0.15, 0.2) is 61.9 Å². The number of anilines is 2. The first-order valence-corrected chi connectivity index (χ1v) is 8.88. The summed E-state index contributed by atoms with van der Waals surface area (Å²) in [6, 6.07) is 11.8. The molecule has 2 aromatic heterocycles. The highest BCUT2D eigenvalue weighted by Crippen LogP contribution is 2.36. The molecular formula is C22H21N5. The van der Waals surface area contributed by atoms with Crippen LogP contribution < -0.4 is 10.6 Å². The molecule has 3 heterocycles. The lowest BCUT2D eigenvalue weighted by Crippen LogP contribution is -2.46. The largest absolute Gasteiger partial charge is 0.398 e. The lowest BCUT2D eigenvalue weighted by atomic mass is 9.92. The van der Waals surface area contributed by atoms with Gasteiger partial charge in [-0.3, -0.25) is 9.97 Å². The minimum Gasteiger partial charge on any atom is -0.398 e. The van der Waals surface area contributed by atoms with Gasteiger partial charge in [-0.15, -0.1) is 0 Å². The highest BCUT2D eigenvalue weighted by Gasteiger charge is 2.32. The highest BCUT2D eigenvalue weighted by molar-refractivity contribution is 5.75. The maximum Gasteiger partial charge on any atom is 0.129 e. The first-order chi connectivity index (χ1) is 13.2. The summed E-state index contributed by atoms with van der Waals surface area (Å²) >= 11 is 0. The lowest BCUT2D eigenvalue weighted by Gasteiger charge is -2.40. The van der Waals surface area contributed by atoms with E-state index in [0.29, 0.717) is 11.6 Å². The Morgan fingerprint density at radius 2 is 1.78 bits per heavy atom. The molecule has 0 radical (unpaired) electrons. The number of pyridine rings is 1. The van der Waals surface area contributed by atoms with E-state index < -0.39 is 0 Å². The standard InChI is InChI=1S/C22H21N5/c1-3-15-9-10-20(26-19(15)4-2)27-13-16(14-27)21-22(25-12-11-24-21)17-7-5-6-8-18(17)23/h3-12,16H,1-2,13-14,23H2. The number of nitrogens with two attached hydrogens (primary N) is 1. The molecule has 0 unspecified atom stereocenters. The van der Waals surface area contributed by atoms with Crippen LogP contribution in [-0.2, 0) is 0 Å². The van der Waals surface area contributed by atoms with Gasteiger partial charge in [0.05, 0.1) is 17.1 Å². The van der Waals surface area contributed by atoms with E-state index in [-0.39, 0.29) is 0 Å². The molecule has 1 aromatic carbocycles. The molecule has 0 atom stereocenters. The molecule has 0 saturated carbocycles. The SMILES string of the molecule is C=Cc1ccc(N2CC(c3nccnc3-c3ccccc3N)C2)nc1C=C. The highest BCUT2D eigenvalue weighted by atomic mass is 15.2. The van der Waals surface area contributed by atoms with E-state index in [9.17, 15) is 0 Å². The van der Waals surface area contributed by atoms with Crippen molar-refractivity contribution in [1.82, 2.24) is 15.0 Å². The summed E-state index contributed by atoms with van der Waals surface area (Å²) in [5.41, 5.74) is 11.5. The Bertz CT molecular complexity index is 1010. The van der Waals surface area contributed by atoms with Gasteiger partial charge >= 0.3 is 0 Å². The van der Waals surface area contributed by atoms with Crippen molar-refractivity contribution in [3.8, 4) is 11.3 Å². The normalized spacial score (nSPS) is 13.9. The third-order valence-corrected chi connectivity index (χ3v) is 4.89. The summed E-state index contributed by atoms with van der Waals surface area (Å²) in [4.78, 5) is 16.1. The molecule has 27 heavy (non-hydrogen) atoms. The van der Waals surface area contributed by atoms with Crippen LogP contribution in [0.1, 0.15) is 22.9 Å². The number of para-hydroxylation sites is 1. The Morgan fingerprint density at radius 3 is 2.52 bits per heavy atom. The van der Waals surface area contributed by atoms with E-state index in [1.807, 2.05) is 36.4 Å². The van der Waals surface area contributed by atoms with Gasteiger partial charge < -0.3 is 10.6 Å². The predicted molar refractivity (Wildman–Crippen MR) is 111 cm³/mol. The Kier molecular flexibility index (Phi) is 4.42. The van der Waals surface area contributed by atoms with Gasteiger partial charge in [-0.2, -0.15) is 0 Å². The van der Waals surface area contributed by atoms with Crippen LogP contribution in [0.3, 0.4) is 0 Å². The van der Waals surface area contributed by atoms with Gasteiger partial charge in [0, 0.05) is 42.7 Å². The van der Waals surface area contributed by atoms with E-state index in [2.05, 4.69) is 33.0 Å². The molecule has 1 aliphatic rings. The molecule has 0 spiro atoms. The van der Waals surface area contributed by atoms with Gasteiger partial charge in [0.25, 0.3) is 0 Å². The zero-order valence-electron chi connectivity index (χ0n) is 15.0. The first kappa shape index (κ1) is 17.0. The maximum atomic E-state index is 6.15. The summed E-state index contributed by atoms with van der Waals surface area (Å²) in [5.74, 6) is 1.23. The summed E-state index contributed by atoms with van der Waals surface area (Å²) in [6.45, 7) is 9.35. The lowest BCUT2D eigenvalue weighted by molar-refractivity contribution is 0.508. The monoisotopic (exact) mass is 355 g/mol. The Balaban J connectivity index is 1.58. The summed E-state index contributed by atoms with van der Waals surface area (Å²) in [6.07, 6.45) is 7.01. The van der Waals surface area contributed by atoms with Crippen LogP contribution in [0, 0.1) is 0 Å². The van der Waals surface area contributed by atoms with Gasteiger partial charge in [0.15, 0.2) is 0 Å². The van der Waals surface area contributed by atoms with Gasteiger partial charge in [-0.25, -0.2) is 4.98 Å². The number of aromatic nitrogens is 3. The maximum absolute atomic E-state index is 6.15. The molecule has 2 N–H and O–H groups in total. The van der Waals surface area contributed by atoms with E-state index in [1.165, 1.54) is 0 Å². The van der Waals surface area contributed by atoms with E-state index in [0.717, 1.165) is 47.1 Å². The van der Waals surface area contributed by atoms with Crippen LogP contribution in [0.5, 0.6) is 0 Å². The number of hydrogen-bond acceptors (Lipinski definition) is 5. The molecular weight excluding hydrogens is 334 g/mol. The van der Waals surface area contributed by atoms with Crippen molar-refractivity contribution in [2.45, 2.75) is 5.92 Å². The predicted octanol–water partition coefficient (Wildman–Crippen LogP) is 4.01. The first-order valence-electron chi connectivity index (χ1n) is 8.88. The van der Waals surface area contributed by atoms with Crippen molar-refractivity contribution in [2.75, 3.05) is 23.7 Å². The number of hydrogen-bond donors (Lipinski definition) is 1. The average molecular weight is 355 g/mol.